The summed E-state index contributed by atoms with van der Waals surface area (Å²) in [7, 11) is 1.36. The molecule has 0 radical (unpaired) electrons. The van der Waals surface area contributed by atoms with Gasteiger partial charge in [-0.15, -0.1) is 0 Å². The van der Waals surface area contributed by atoms with Gasteiger partial charge in [-0.3, -0.25) is 4.79 Å². The summed E-state index contributed by atoms with van der Waals surface area (Å²) in [4.78, 5) is 20.4. The largest absolute Gasteiger partial charge is 0.496 e. The quantitative estimate of drug-likeness (QED) is 0.357. The van der Waals surface area contributed by atoms with Crippen LogP contribution in [0.15, 0.2) is 54.9 Å². The van der Waals surface area contributed by atoms with Crippen molar-refractivity contribution in [2.75, 3.05) is 12.4 Å². The molecule has 2 aromatic carbocycles. The van der Waals surface area contributed by atoms with Crippen molar-refractivity contribution in [2.45, 2.75) is 6.18 Å². The Balaban J connectivity index is 1.84. The van der Waals surface area contributed by atoms with Gasteiger partial charge in [0.2, 0.25) is 5.95 Å². The summed E-state index contributed by atoms with van der Waals surface area (Å²) in [5.41, 5.74) is 5.31. The second-order valence-corrected chi connectivity index (χ2v) is 7.51. The molecule has 0 aliphatic rings. The molecule has 0 aliphatic heterocycles. The Bertz CT molecular complexity index is 1420. The number of hydrogen-bond donors (Lipinski definition) is 2. The third-order valence-electron chi connectivity index (χ3n) is 4.82. The fourth-order valence-corrected chi connectivity index (χ4v) is 3.36. The molecule has 1 amide bonds. The number of benzene rings is 2. The number of anilines is 2. The lowest BCUT2D eigenvalue weighted by Gasteiger charge is -2.13. The lowest BCUT2D eigenvalue weighted by Crippen LogP contribution is -2.13. The number of methoxy groups -OCH3 is 1. The molecule has 0 saturated heterocycles. The zero-order chi connectivity index (χ0) is 25.3. The van der Waals surface area contributed by atoms with Crippen LogP contribution in [-0.4, -0.2) is 32.8 Å². The molecular weight excluding hydrogens is 492 g/mol. The highest BCUT2D eigenvalue weighted by Crippen LogP contribution is 2.32. The fraction of sp³-hybridized carbons (Fsp3) is 0.0909. The van der Waals surface area contributed by atoms with E-state index in [0.29, 0.717) is 11.3 Å². The average Bonchev–Trinajstić information content (AvgIpc) is 3.32. The highest BCUT2D eigenvalue weighted by molar-refractivity contribution is 6.31. The van der Waals surface area contributed by atoms with Crippen LogP contribution in [0, 0.1) is 5.82 Å². The van der Waals surface area contributed by atoms with Crippen LogP contribution in [0.2, 0.25) is 5.02 Å². The molecule has 0 unspecified atom stereocenters. The Labute approximate surface area is 200 Å². The van der Waals surface area contributed by atoms with Crippen LogP contribution in [0.4, 0.5) is 29.2 Å². The SMILES string of the molecule is COc1ccc(-c2cnc(Nc3ccc(F)c(Cl)c3)nc2-n2ccc(C(F)(F)F)n2)cc1C(N)=O. The Morgan fingerprint density at radius 2 is 1.94 bits per heavy atom. The van der Waals surface area contributed by atoms with E-state index in [-0.39, 0.29) is 33.7 Å². The van der Waals surface area contributed by atoms with Gasteiger partial charge >= 0.3 is 6.18 Å². The number of nitrogens with zero attached hydrogens (tertiary/aromatic N) is 4. The summed E-state index contributed by atoms with van der Waals surface area (Å²) < 4.78 is 59.1. The number of carbonyl (C=O) groups excluding carboxylic acids is 1. The van der Waals surface area contributed by atoms with Crippen molar-refractivity contribution in [1.29, 1.82) is 0 Å². The van der Waals surface area contributed by atoms with Crippen LogP contribution < -0.4 is 15.8 Å². The third kappa shape index (κ3) is 5.01. The molecule has 0 fully saturated rings. The summed E-state index contributed by atoms with van der Waals surface area (Å²) in [6, 6.07) is 9.06. The van der Waals surface area contributed by atoms with Gasteiger partial charge in [-0.1, -0.05) is 17.7 Å². The molecule has 4 aromatic rings. The smallest absolute Gasteiger partial charge is 0.435 e. The highest BCUT2D eigenvalue weighted by atomic mass is 35.5. The standard InChI is InChI=1S/C22H15ClF4N6O2/c1-35-17-5-2-11(8-13(17)19(28)34)14-10-29-21(30-12-3-4-16(24)15(23)9-12)31-20(14)33-7-6-18(32-33)22(25,26)27/h2-10H,1H3,(H2,28,34)(H,29,30,31). The predicted octanol–water partition coefficient (Wildman–Crippen LogP) is 4.99. The zero-order valence-electron chi connectivity index (χ0n) is 17.8. The Hall–Kier alpha value is -4.19. The molecule has 0 atom stereocenters. The van der Waals surface area contributed by atoms with E-state index in [9.17, 15) is 22.4 Å². The van der Waals surface area contributed by atoms with Crippen LogP contribution in [0.25, 0.3) is 16.9 Å². The van der Waals surface area contributed by atoms with E-state index in [1.165, 1.54) is 37.6 Å². The van der Waals surface area contributed by atoms with Gasteiger partial charge in [-0.25, -0.2) is 14.1 Å². The highest BCUT2D eigenvalue weighted by Gasteiger charge is 2.34. The minimum Gasteiger partial charge on any atom is -0.496 e. The summed E-state index contributed by atoms with van der Waals surface area (Å²) >= 11 is 5.80. The van der Waals surface area contributed by atoms with Crippen LogP contribution in [0.3, 0.4) is 0 Å². The normalized spacial score (nSPS) is 11.4. The van der Waals surface area contributed by atoms with Crippen LogP contribution in [-0.2, 0) is 6.18 Å². The number of halogens is 5. The van der Waals surface area contributed by atoms with E-state index in [1.54, 1.807) is 6.07 Å². The van der Waals surface area contributed by atoms with E-state index in [2.05, 4.69) is 20.4 Å². The number of amides is 1. The number of alkyl halides is 3. The van der Waals surface area contributed by atoms with Crippen molar-refractivity contribution in [2.24, 2.45) is 5.73 Å². The van der Waals surface area contributed by atoms with Gasteiger partial charge in [-0.2, -0.15) is 23.3 Å². The monoisotopic (exact) mass is 506 g/mol. The number of carbonyl (C=O) groups is 1. The number of nitrogens with one attached hydrogen (secondary N) is 1. The molecule has 2 aromatic heterocycles. The Morgan fingerprint density at radius 3 is 2.57 bits per heavy atom. The minimum atomic E-state index is -4.68. The van der Waals surface area contributed by atoms with Crippen LogP contribution in [0.5, 0.6) is 5.75 Å². The second-order valence-electron chi connectivity index (χ2n) is 7.11. The molecule has 0 bridgehead atoms. The van der Waals surface area contributed by atoms with Crippen LogP contribution in [0.1, 0.15) is 16.1 Å². The topological polar surface area (TPSA) is 108 Å². The molecule has 0 aliphatic carbocycles. The predicted molar refractivity (Wildman–Crippen MR) is 119 cm³/mol. The van der Waals surface area contributed by atoms with E-state index < -0.39 is 23.6 Å². The van der Waals surface area contributed by atoms with Crippen molar-refractivity contribution >= 4 is 29.1 Å². The molecule has 8 nitrogen and oxygen atoms in total. The number of nitrogens with two attached hydrogens (primary N) is 1. The Kier molecular flexibility index (Phi) is 6.31. The van der Waals surface area contributed by atoms with Gasteiger partial charge in [-0.05, 0) is 42.0 Å². The molecule has 0 spiro atoms. The van der Waals surface area contributed by atoms with Crippen molar-refractivity contribution < 1.29 is 27.1 Å². The maximum atomic E-state index is 13.5. The number of rotatable bonds is 6. The lowest BCUT2D eigenvalue weighted by molar-refractivity contribution is -0.141. The molecule has 2 heterocycles. The van der Waals surface area contributed by atoms with E-state index in [1.807, 2.05) is 0 Å². The van der Waals surface area contributed by atoms with Gasteiger partial charge in [0.05, 0.1) is 17.7 Å². The summed E-state index contributed by atoms with van der Waals surface area (Å²) in [6.45, 7) is 0. The maximum Gasteiger partial charge on any atom is 0.435 e. The van der Waals surface area contributed by atoms with Crippen molar-refractivity contribution in [3.63, 3.8) is 0 Å². The number of primary amides is 1. The number of ether oxygens (including phenoxy) is 1. The van der Waals surface area contributed by atoms with Gasteiger partial charge in [0.25, 0.3) is 5.91 Å². The fourth-order valence-electron chi connectivity index (χ4n) is 3.18. The number of aromatic nitrogens is 4. The molecule has 13 heteroatoms. The summed E-state index contributed by atoms with van der Waals surface area (Å²) in [6.07, 6.45) is -2.26. The molecule has 35 heavy (non-hydrogen) atoms. The van der Waals surface area contributed by atoms with Gasteiger partial charge in [0, 0.05) is 23.6 Å². The van der Waals surface area contributed by atoms with Gasteiger partial charge in [0.1, 0.15) is 11.6 Å². The van der Waals surface area contributed by atoms with Gasteiger partial charge < -0.3 is 15.8 Å². The van der Waals surface area contributed by atoms with Crippen molar-refractivity contribution in [3.05, 3.63) is 77.0 Å². The van der Waals surface area contributed by atoms with Crippen molar-refractivity contribution in [1.82, 2.24) is 19.7 Å². The maximum absolute atomic E-state index is 13.5. The summed E-state index contributed by atoms with van der Waals surface area (Å²) in [5, 5.41) is 6.26. The first-order chi connectivity index (χ1) is 16.6. The van der Waals surface area contributed by atoms with Crippen LogP contribution >= 0.6 is 11.6 Å². The molecule has 0 saturated carbocycles. The molecule has 4 rings (SSSR count). The summed E-state index contributed by atoms with van der Waals surface area (Å²) in [5.74, 6) is -1.24. The van der Waals surface area contributed by atoms with Gasteiger partial charge in [0.15, 0.2) is 11.5 Å². The average molecular weight is 507 g/mol. The zero-order valence-corrected chi connectivity index (χ0v) is 18.5. The molecule has 3 N–H and O–H groups in total. The molecular formula is C22H15ClF4N6O2. The van der Waals surface area contributed by atoms with Crippen molar-refractivity contribution in [3.8, 4) is 22.7 Å². The second kappa shape index (κ2) is 9.22. The first-order valence-electron chi connectivity index (χ1n) is 9.77. The molecule has 180 valence electrons. The minimum absolute atomic E-state index is 0.0286. The first kappa shape index (κ1) is 24.0. The lowest BCUT2D eigenvalue weighted by atomic mass is 10.0. The van der Waals surface area contributed by atoms with E-state index in [4.69, 9.17) is 22.1 Å². The Morgan fingerprint density at radius 1 is 1.17 bits per heavy atom. The third-order valence-corrected chi connectivity index (χ3v) is 5.11. The number of hydrogen-bond acceptors (Lipinski definition) is 6. The van der Waals surface area contributed by atoms with E-state index >= 15 is 0 Å². The first-order valence-corrected chi connectivity index (χ1v) is 10.1. The van der Waals surface area contributed by atoms with E-state index in [0.717, 1.165) is 23.0 Å².